The van der Waals surface area contributed by atoms with E-state index in [0.717, 1.165) is 5.56 Å². The predicted octanol–water partition coefficient (Wildman–Crippen LogP) is 2.95. The highest BCUT2D eigenvalue weighted by molar-refractivity contribution is 6.39. The first-order valence-electron chi connectivity index (χ1n) is 6.95. The monoisotopic (exact) mass is 332 g/mol. The molecule has 0 fully saturated rings. The molecule has 0 saturated carbocycles. The Bertz CT molecular complexity index is 704. The molecule has 0 aliphatic heterocycles. The zero-order chi connectivity index (χ0) is 16.8. The number of rotatable bonds is 4. The number of nitrogens with one attached hydrogen (secondary N) is 1. The Balaban J connectivity index is 2.05. The summed E-state index contributed by atoms with van der Waals surface area (Å²) in [5.41, 5.74) is 1.29. The van der Waals surface area contributed by atoms with Gasteiger partial charge in [0, 0.05) is 18.6 Å². The first kappa shape index (κ1) is 16.8. The lowest BCUT2D eigenvalue weighted by atomic mass is 10.2. The number of ether oxygens (including phenoxy) is 1. The fourth-order valence-electron chi connectivity index (χ4n) is 2.06. The molecule has 2 rings (SSSR count). The van der Waals surface area contributed by atoms with E-state index in [4.69, 9.17) is 16.3 Å². The highest BCUT2D eigenvalue weighted by Gasteiger charge is 2.20. The third kappa shape index (κ3) is 4.47. The zero-order valence-electron chi connectivity index (χ0n) is 12.9. The zero-order valence-corrected chi connectivity index (χ0v) is 13.6. The van der Waals surface area contributed by atoms with Gasteiger partial charge in [0.05, 0.1) is 12.8 Å². The van der Waals surface area contributed by atoms with E-state index in [1.54, 1.807) is 19.2 Å². The first-order chi connectivity index (χ1) is 11.0. The number of carbonyl (C=O) groups excluding carboxylic acids is 2. The van der Waals surface area contributed by atoms with Crippen LogP contribution in [0.4, 0.5) is 5.69 Å². The van der Waals surface area contributed by atoms with Crippen LogP contribution >= 0.6 is 11.6 Å². The fraction of sp³-hybridized carbons (Fsp3) is 0.176. The van der Waals surface area contributed by atoms with Crippen LogP contribution in [0.5, 0.6) is 5.75 Å². The van der Waals surface area contributed by atoms with E-state index < -0.39 is 11.8 Å². The lowest BCUT2D eigenvalue weighted by Gasteiger charge is -2.17. The van der Waals surface area contributed by atoms with Crippen molar-refractivity contribution in [3.05, 3.63) is 59.1 Å². The molecule has 0 saturated heterocycles. The quantitative estimate of drug-likeness (QED) is 0.876. The summed E-state index contributed by atoms with van der Waals surface area (Å²) in [6, 6.07) is 14.2. The summed E-state index contributed by atoms with van der Waals surface area (Å²) in [4.78, 5) is 25.6. The molecule has 2 aromatic carbocycles. The molecule has 2 aromatic rings. The number of hydrogen-bond acceptors (Lipinski definition) is 3. The molecule has 0 aliphatic rings. The summed E-state index contributed by atoms with van der Waals surface area (Å²) in [5.74, 6) is -0.957. The van der Waals surface area contributed by atoms with Crippen molar-refractivity contribution in [2.24, 2.45) is 0 Å². The maximum absolute atomic E-state index is 12.2. The number of nitrogens with zero attached hydrogens (tertiary/aromatic N) is 1. The van der Waals surface area contributed by atoms with Crippen molar-refractivity contribution in [1.29, 1.82) is 0 Å². The van der Waals surface area contributed by atoms with Crippen molar-refractivity contribution in [3.8, 4) is 5.75 Å². The van der Waals surface area contributed by atoms with Crippen molar-refractivity contribution in [1.82, 2.24) is 4.90 Å². The molecule has 0 aromatic heterocycles. The van der Waals surface area contributed by atoms with E-state index in [0.29, 0.717) is 23.0 Å². The number of carbonyl (C=O) groups is 2. The molecule has 0 bridgehead atoms. The Kier molecular flexibility index (Phi) is 5.60. The van der Waals surface area contributed by atoms with Gasteiger partial charge < -0.3 is 15.0 Å². The molecule has 0 unspecified atom stereocenters. The molecule has 23 heavy (non-hydrogen) atoms. The minimum absolute atomic E-state index is 0.347. The van der Waals surface area contributed by atoms with Crippen LogP contribution in [-0.2, 0) is 16.1 Å². The maximum atomic E-state index is 12.2. The van der Waals surface area contributed by atoms with Crippen molar-refractivity contribution in [2.45, 2.75) is 6.54 Å². The average molecular weight is 333 g/mol. The van der Waals surface area contributed by atoms with Gasteiger partial charge in [0.1, 0.15) is 5.75 Å². The van der Waals surface area contributed by atoms with Crippen LogP contribution in [0.3, 0.4) is 0 Å². The fourth-order valence-corrected chi connectivity index (χ4v) is 2.23. The van der Waals surface area contributed by atoms with Crippen molar-refractivity contribution in [3.63, 3.8) is 0 Å². The van der Waals surface area contributed by atoms with E-state index in [-0.39, 0.29) is 0 Å². The number of anilines is 1. The van der Waals surface area contributed by atoms with Crippen LogP contribution in [0, 0.1) is 0 Å². The van der Waals surface area contributed by atoms with Gasteiger partial charge >= 0.3 is 11.8 Å². The third-order valence-corrected chi connectivity index (χ3v) is 3.45. The third-order valence-electron chi connectivity index (χ3n) is 3.21. The molecule has 0 heterocycles. The number of hydrogen-bond donors (Lipinski definition) is 1. The van der Waals surface area contributed by atoms with Gasteiger partial charge in [-0.05, 0) is 23.8 Å². The van der Waals surface area contributed by atoms with E-state index in [9.17, 15) is 9.59 Å². The summed E-state index contributed by atoms with van der Waals surface area (Å²) in [7, 11) is 3.05. The van der Waals surface area contributed by atoms with Crippen molar-refractivity contribution < 1.29 is 14.3 Å². The topological polar surface area (TPSA) is 58.6 Å². The average Bonchev–Trinajstić information content (AvgIpc) is 2.55. The van der Waals surface area contributed by atoms with Gasteiger partial charge in [-0.1, -0.05) is 41.9 Å². The first-order valence-corrected chi connectivity index (χ1v) is 7.33. The summed E-state index contributed by atoms with van der Waals surface area (Å²) in [6.45, 7) is 0.347. The van der Waals surface area contributed by atoms with Gasteiger partial charge in [0.15, 0.2) is 0 Å². The summed E-state index contributed by atoms with van der Waals surface area (Å²) < 4.78 is 5.14. The molecule has 6 heteroatoms. The molecule has 1 N–H and O–H groups in total. The highest BCUT2D eigenvalue weighted by atomic mass is 35.5. The van der Waals surface area contributed by atoms with Crippen LogP contribution in [0.15, 0.2) is 48.5 Å². The van der Waals surface area contributed by atoms with E-state index in [1.165, 1.54) is 18.1 Å². The van der Waals surface area contributed by atoms with Crippen molar-refractivity contribution >= 4 is 29.1 Å². The Morgan fingerprint density at radius 2 is 1.87 bits per heavy atom. The standard InChI is InChI=1S/C17H17ClN2O3/c1-20(11-12-6-4-3-5-7-12)17(22)16(21)19-14-10-13(18)8-9-15(14)23-2/h3-10H,11H2,1-2H3,(H,19,21). The number of benzene rings is 2. The minimum atomic E-state index is -0.746. The van der Waals surface area contributed by atoms with E-state index >= 15 is 0 Å². The number of methoxy groups -OCH3 is 1. The SMILES string of the molecule is COc1ccc(Cl)cc1NC(=O)C(=O)N(C)Cc1ccccc1. The molecule has 2 amide bonds. The largest absolute Gasteiger partial charge is 0.495 e. The summed E-state index contributed by atoms with van der Waals surface area (Å²) in [6.07, 6.45) is 0. The second-order valence-corrected chi connectivity index (χ2v) is 5.38. The van der Waals surface area contributed by atoms with Gasteiger partial charge in [-0.2, -0.15) is 0 Å². The van der Waals surface area contributed by atoms with Crippen LogP contribution in [-0.4, -0.2) is 30.9 Å². The van der Waals surface area contributed by atoms with Crippen molar-refractivity contribution in [2.75, 3.05) is 19.5 Å². The lowest BCUT2D eigenvalue weighted by Crippen LogP contribution is -2.36. The smallest absolute Gasteiger partial charge is 0.314 e. The molecule has 120 valence electrons. The molecular formula is C17H17ClN2O3. The van der Waals surface area contributed by atoms with Gasteiger partial charge in [-0.15, -0.1) is 0 Å². The molecule has 0 atom stereocenters. The Morgan fingerprint density at radius 1 is 1.17 bits per heavy atom. The molecule has 0 aliphatic carbocycles. The Hall–Kier alpha value is -2.53. The molecule has 0 radical (unpaired) electrons. The second kappa shape index (κ2) is 7.65. The summed E-state index contributed by atoms with van der Waals surface area (Å²) >= 11 is 5.90. The van der Waals surface area contributed by atoms with Crippen LogP contribution in [0.2, 0.25) is 5.02 Å². The van der Waals surface area contributed by atoms with Crippen LogP contribution < -0.4 is 10.1 Å². The van der Waals surface area contributed by atoms with Gasteiger partial charge in [-0.3, -0.25) is 9.59 Å². The van der Waals surface area contributed by atoms with Gasteiger partial charge in [0.25, 0.3) is 0 Å². The number of likely N-dealkylation sites (N-methyl/N-ethyl adjacent to an activating group) is 1. The second-order valence-electron chi connectivity index (χ2n) is 4.95. The predicted molar refractivity (Wildman–Crippen MR) is 89.5 cm³/mol. The minimum Gasteiger partial charge on any atom is -0.495 e. The Labute approximate surface area is 139 Å². The van der Waals surface area contributed by atoms with E-state index in [1.807, 2.05) is 30.3 Å². The molecule has 0 spiro atoms. The molecular weight excluding hydrogens is 316 g/mol. The number of halogens is 1. The molecule has 5 nitrogen and oxygen atoms in total. The maximum Gasteiger partial charge on any atom is 0.314 e. The number of amides is 2. The lowest BCUT2D eigenvalue weighted by molar-refractivity contribution is -0.142. The van der Waals surface area contributed by atoms with Gasteiger partial charge in [-0.25, -0.2) is 0 Å². The van der Waals surface area contributed by atoms with Gasteiger partial charge in [0.2, 0.25) is 0 Å². The Morgan fingerprint density at radius 3 is 2.52 bits per heavy atom. The van der Waals surface area contributed by atoms with Crippen LogP contribution in [0.25, 0.3) is 0 Å². The summed E-state index contributed by atoms with van der Waals surface area (Å²) in [5, 5.41) is 2.97. The van der Waals surface area contributed by atoms with E-state index in [2.05, 4.69) is 5.32 Å². The highest BCUT2D eigenvalue weighted by Crippen LogP contribution is 2.27. The normalized spacial score (nSPS) is 10.0. The van der Waals surface area contributed by atoms with Crippen LogP contribution in [0.1, 0.15) is 5.56 Å².